The van der Waals surface area contributed by atoms with Gasteiger partial charge in [-0.15, -0.1) is 0 Å². The summed E-state index contributed by atoms with van der Waals surface area (Å²) >= 11 is 0. The Morgan fingerprint density at radius 1 is 1.14 bits per heavy atom. The highest BCUT2D eigenvalue weighted by Gasteiger charge is 2.05. The standard InChI is InChI=1S/C17H18FN3/c1-13-20-16-7-2-3-8-17(16)21(13)10-9-19-12-14-5-4-6-15(18)11-14/h2-8,11,19H,9-10,12H2,1H3. The topological polar surface area (TPSA) is 29.9 Å². The number of para-hydroxylation sites is 2. The minimum atomic E-state index is -0.189. The zero-order valence-electron chi connectivity index (χ0n) is 12.0. The summed E-state index contributed by atoms with van der Waals surface area (Å²) in [4.78, 5) is 4.55. The van der Waals surface area contributed by atoms with Crippen molar-refractivity contribution in [3.05, 3.63) is 65.7 Å². The first-order chi connectivity index (χ1) is 10.2. The van der Waals surface area contributed by atoms with Gasteiger partial charge >= 0.3 is 0 Å². The van der Waals surface area contributed by atoms with E-state index in [0.717, 1.165) is 35.5 Å². The van der Waals surface area contributed by atoms with Crippen molar-refractivity contribution in [2.75, 3.05) is 6.54 Å². The summed E-state index contributed by atoms with van der Waals surface area (Å²) in [5.74, 6) is 0.828. The monoisotopic (exact) mass is 283 g/mol. The molecule has 0 aliphatic rings. The molecule has 3 aromatic rings. The Hall–Kier alpha value is -2.20. The van der Waals surface area contributed by atoms with E-state index >= 15 is 0 Å². The third kappa shape index (κ3) is 3.11. The number of halogens is 1. The SMILES string of the molecule is Cc1nc2ccccc2n1CCNCc1cccc(F)c1. The van der Waals surface area contributed by atoms with E-state index < -0.39 is 0 Å². The van der Waals surface area contributed by atoms with Gasteiger partial charge in [0, 0.05) is 19.6 Å². The normalized spacial score (nSPS) is 11.1. The molecule has 0 amide bonds. The number of rotatable bonds is 5. The number of imidazole rings is 1. The first kappa shape index (κ1) is 13.8. The fourth-order valence-electron chi connectivity index (χ4n) is 2.55. The highest BCUT2D eigenvalue weighted by molar-refractivity contribution is 5.75. The Labute approximate surface area is 123 Å². The molecule has 1 N–H and O–H groups in total. The number of fused-ring (bicyclic) bond motifs is 1. The van der Waals surface area contributed by atoms with Gasteiger partial charge in [0.05, 0.1) is 11.0 Å². The molecule has 4 heteroatoms. The van der Waals surface area contributed by atoms with E-state index in [1.807, 2.05) is 31.2 Å². The van der Waals surface area contributed by atoms with Crippen molar-refractivity contribution in [1.82, 2.24) is 14.9 Å². The van der Waals surface area contributed by atoms with Crippen molar-refractivity contribution in [2.45, 2.75) is 20.0 Å². The lowest BCUT2D eigenvalue weighted by molar-refractivity contribution is 0.591. The summed E-state index contributed by atoms with van der Waals surface area (Å²) in [6.45, 7) is 4.36. The van der Waals surface area contributed by atoms with Gasteiger partial charge in [0.25, 0.3) is 0 Å². The van der Waals surface area contributed by atoms with Gasteiger partial charge in [-0.2, -0.15) is 0 Å². The van der Waals surface area contributed by atoms with Gasteiger partial charge in [-0.1, -0.05) is 24.3 Å². The van der Waals surface area contributed by atoms with Crippen LogP contribution in [0.2, 0.25) is 0 Å². The van der Waals surface area contributed by atoms with Crippen LogP contribution in [-0.2, 0) is 13.1 Å². The third-order valence-electron chi connectivity index (χ3n) is 3.58. The Bertz CT molecular complexity index is 749. The second-order valence-corrected chi connectivity index (χ2v) is 5.11. The summed E-state index contributed by atoms with van der Waals surface area (Å²) in [7, 11) is 0. The molecule has 1 aromatic heterocycles. The number of nitrogens with zero attached hydrogens (tertiary/aromatic N) is 2. The molecular formula is C17H18FN3. The van der Waals surface area contributed by atoms with E-state index in [0.29, 0.717) is 6.54 Å². The molecule has 0 saturated carbocycles. The zero-order chi connectivity index (χ0) is 14.7. The van der Waals surface area contributed by atoms with Crippen LogP contribution in [0.3, 0.4) is 0 Å². The van der Waals surface area contributed by atoms with E-state index in [9.17, 15) is 4.39 Å². The fourth-order valence-corrected chi connectivity index (χ4v) is 2.55. The minimum Gasteiger partial charge on any atom is -0.327 e. The molecule has 3 nitrogen and oxygen atoms in total. The number of benzene rings is 2. The second kappa shape index (κ2) is 6.06. The molecule has 2 aromatic carbocycles. The fraction of sp³-hybridized carbons (Fsp3) is 0.235. The Kier molecular flexibility index (Phi) is 3.97. The molecule has 0 unspecified atom stereocenters. The maximum Gasteiger partial charge on any atom is 0.123 e. The van der Waals surface area contributed by atoms with Crippen LogP contribution in [0.15, 0.2) is 48.5 Å². The lowest BCUT2D eigenvalue weighted by Crippen LogP contribution is -2.20. The summed E-state index contributed by atoms with van der Waals surface area (Å²) in [6.07, 6.45) is 0. The quantitative estimate of drug-likeness (QED) is 0.728. The maximum absolute atomic E-state index is 13.1. The molecule has 0 radical (unpaired) electrons. The molecular weight excluding hydrogens is 265 g/mol. The van der Waals surface area contributed by atoms with Crippen LogP contribution in [-0.4, -0.2) is 16.1 Å². The molecule has 0 aliphatic carbocycles. The van der Waals surface area contributed by atoms with Gasteiger partial charge in [-0.3, -0.25) is 0 Å². The average Bonchev–Trinajstić information content (AvgIpc) is 2.79. The van der Waals surface area contributed by atoms with Crippen molar-refractivity contribution in [1.29, 1.82) is 0 Å². The van der Waals surface area contributed by atoms with Crippen LogP contribution in [0.1, 0.15) is 11.4 Å². The predicted molar refractivity (Wildman–Crippen MR) is 82.6 cm³/mol. The Morgan fingerprint density at radius 2 is 2.00 bits per heavy atom. The molecule has 0 bridgehead atoms. The largest absolute Gasteiger partial charge is 0.327 e. The first-order valence-electron chi connectivity index (χ1n) is 7.11. The van der Waals surface area contributed by atoms with E-state index in [-0.39, 0.29) is 5.82 Å². The minimum absolute atomic E-state index is 0.189. The molecule has 0 aliphatic heterocycles. The van der Waals surface area contributed by atoms with Crippen molar-refractivity contribution in [3.8, 4) is 0 Å². The predicted octanol–water partition coefficient (Wildman–Crippen LogP) is 3.27. The van der Waals surface area contributed by atoms with Gasteiger partial charge < -0.3 is 9.88 Å². The highest BCUT2D eigenvalue weighted by Crippen LogP contribution is 2.14. The number of aryl methyl sites for hydroxylation is 1. The van der Waals surface area contributed by atoms with Gasteiger partial charge in [0.1, 0.15) is 11.6 Å². The summed E-state index contributed by atoms with van der Waals surface area (Å²) < 4.78 is 15.3. The number of aromatic nitrogens is 2. The number of nitrogens with one attached hydrogen (secondary N) is 1. The van der Waals surface area contributed by atoms with Crippen LogP contribution in [0.25, 0.3) is 11.0 Å². The third-order valence-corrected chi connectivity index (χ3v) is 3.58. The average molecular weight is 283 g/mol. The van der Waals surface area contributed by atoms with Gasteiger partial charge in [-0.25, -0.2) is 9.37 Å². The molecule has 0 fully saturated rings. The molecule has 0 atom stereocenters. The lowest BCUT2D eigenvalue weighted by Gasteiger charge is -2.08. The highest BCUT2D eigenvalue weighted by atomic mass is 19.1. The van der Waals surface area contributed by atoms with E-state index in [1.54, 1.807) is 12.1 Å². The smallest absolute Gasteiger partial charge is 0.123 e. The van der Waals surface area contributed by atoms with Gasteiger partial charge in [0.2, 0.25) is 0 Å². The maximum atomic E-state index is 13.1. The van der Waals surface area contributed by atoms with Crippen LogP contribution >= 0.6 is 0 Å². The Balaban J connectivity index is 1.61. The molecule has 1 heterocycles. The number of hydrogen-bond acceptors (Lipinski definition) is 2. The van der Waals surface area contributed by atoms with Crippen LogP contribution in [0.5, 0.6) is 0 Å². The summed E-state index contributed by atoms with van der Waals surface area (Å²) in [5, 5.41) is 3.34. The van der Waals surface area contributed by atoms with Crippen molar-refractivity contribution in [2.24, 2.45) is 0 Å². The van der Waals surface area contributed by atoms with Crippen molar-refractivity contribution >= 4 is 11.0 Å². The van der Waals surface area contributed by atoms with Crippen LogP contribution in [0, 0.1) is 12.7 Å². The van der Waals surface area contributed by atoms with Crippen molar-refractivity contribution < 1.29 is 4.39 Å². The van der Waals surface area contributed by atoms with Crippen molar-refractivity contribution in [3.63, 3.8) is 0 Å². The lowest BCUT2D eigenvalue weighted by atomic mass is 10.2. The van der Waals surface area contributed by atoms with Gasteiger partial charge in [-0.05, 0) is 36.8 Å². The van der Waals surface area contributed by atoms with Gasteiger partial charge in [0.15, 0.2) is 0 Å². The van der Waals surface area contributed by atoms with Crippen LogP contribution < -0.4 is 5.32 Å². The summed E-state index contributed by atoms with van der Waals surface area (Å²) in [6, 6.07) is 14.8. The molecule has 21 heavy (non-hydrogen) atoms. The Morgan fingerprint density at radius 3 is 2.86 bits per heavy atom. The number of hydrogen-bond donors (Lipinski definition) is 1. The first-order valence-corrected chi connectivity index (χ1v) is 7.11. The summed E-state index contributed by atoms with van der Waals surface area (Å²) in [5.41, 5.74) is 3.14. The van der Waals surface area contributed by atoms with E-state index in [4.69, 9.17) is 0 Å². The molecule has 3 rings (SSSR count). The second-order valence-electron chi connectivity index (χ2n) is 5.11. The molecule has 0 saturated heterocycles. The molecule has 108 valence electrons. The molecule has 0 spiro atoms. The zero-order valence-corrected chi connectivity index (χ0v) is 12.0. The van der Waals surface area contributed by atoms with Crippen LogP contribution in [0.4, 0.5) is 4.39 Å². The van der Waals surface area contributed by atoms with E-state index in [2.05, 4.69) is 20.9 Å². The van der Waals surface area contributed by atoms with E-state index in [1.165, 1.54) is 6.07 Å².